The van der Waals surface area contributed by atoms with E-state index in [1.165, 1.54) is 13.2 Å². The number of ether oxygens (including phenoxy) is 2. The maximum Gasteiger partial charge on any atom is 0.342 e. The van der Waals surface area contributed by atoms with Crippen LogP contribution in [0.15, 0.2) is 48.5 Å². The Balaban J connectivity index is 1.95. The van der Waals surface area contributed by atoms with Gasteiger partial charge in [-0.15, -0.1) is 0 Å². The Morgan fingerprint density at radius 3 is 2.55 bits per heavy atom. The molecule has 0 bridgehead atoms. The van der Waals surface area contributed by atoms with Crippen molar-refractivity contribution in [1.82, 2.24) is 0 Å². The van der Waals surface area contributed by atoms with Gasteiger partial charge < -0.3 is 14.8 Å². The van der Waals surface area contributed by atoms with Gasteiger partial charge in [0, 0.05) is 10.7 Å². The average Bonchev–Trinajstić information content (AvgIpc) is 2.53. The highest BCUT2D eigenvalue weighted by molar-refractivity contribution is 6.31. The number of benzene rings is 2. The first-order chi connectivity index (χ1) is 10.6. The predicted octanol–water partition coefficient (Wildman–Crippen LogP) is 3.14. The second kappa shape index (κ2) is 7.47. The number of hydrogen-bond acceptors (Lipinski definition) is 4. The van der Waals surface area contributed by atoms with Gasteiger partial charge in [0.25, 0.3) is 5.91 Å². The Morgan fingerprint density at radius 2 is 1.86 bits per heavy atom. The minimum Gasteiger partial charge on any atom is -0.496 e. The van der Waals surface area contributed by atoms with Crippen LogP contribution < -0.4 is 10.1 Å². The fraction of sp³-hybridized carbons (Fsp3) is 0.125. The van der Waals surface area contributed by atoms with E-state index < -0.39 is 18.5 Å². The summed E-state index contributed by atoms with van der Waals surface area (Å²) in [5.74, 6) is -0.777. The Morgan fingerprint density at radius 1 is 1.14 bits per heavy atom. The second-order valence-electron chi connectivity index (χ2n) is 4.33. The number of esters is 1. The minimum absolute atomic E-state index is 0.169. The Hall–Kier alpha value is -2.53. The number of carbonyl (C=O) groups is 2. The molecule has 0 aliphatic heterocycles. The smallest absolute Gasteiger partial charge is 0.342 e. The zero-order valence-electron chi connectivity index (χ0n) is 11.8. The van der Waals surface area contributed by atoms with Crippen LogP contribution in [0, 0.1) is 0 Å². The average molecular weight is 320 g/mol. The summed E-state index contributed by atoms with van der Waals surface area (Å²) in [6, 6.07) is 13.5. The number of anilines is 1. The fourth-order valence-electron chi connectivity index (χ4n) is 1.77. The van der Waals surface area contributed by atoms with Crippen molar-refractivity contribution in [3.05, 3.63) is 59.1 Å². The molecule has 0 spiro atoms. The van der Waals surface area contributed by atoms with Crippen molar-refractivity contribution in [2.24, 2.45) is 0 Å². The van der Waals surface area contributed by atoms with Crippen molar-refractivity contribution in [3.8, 4) is 5.75 Å². The van der Waals surface area contributed by atoms with Crippen LogP contribution in [-0.2, 0) is 9.53 Å². The van der Waals surface area contributed by atoms with Crippen LogP contribution in [-0.4, -0.2) is 25.6 Å². The summed E-state index contributed by atoms with van der Waals surface area (Å²) in [6.07, 6.45) is 0. The summed E-state index contributed by atoms with van der Waals surface area (Å²) < 4.78 is 10.0. The van der Waals surface area contributed by atoms with Gasteiger partial charge >= 0.3 is 5.97 Å². The molecule has 0 radical (unpaired) electrons. The summed E-state index contributed by atoms with van der Waals surface area (Å²) in [5.41, 5.74) is 0.798. The van der Waals surface area contributed by atoms with Gasteiger partial charge in [-0.25, -0.2) is 4.79 Å². The number of amides is 1. The molecule has 22 heavy (non-hydrogen) atoms. The lowest BCUT2D eigenvalue weighted by Crippen LogP contribution is -2.21. The molecule has 0 heterocycles. The Kier molecular flexibility index (Phi) is 5.38. The summed E-state index contributed by atoms with van der Waals surface area (Å²) in [5, 5.41) is 2.99. The van der Waals surface area contributed by atoms with E-state index in [1.807, 2.05) is 6.07 Å². The van der Waals surface area contributed by atoms with Crippen LogP contribution in [0.1, 0.15) is 10.4 Å². The third kappa shape index (κ3) is 4.23. The van der Waals surface area contributed by atoms with E-state index in [-0.39, 0.29) is 5.56 Å². The maximum atomic E-state index is 12.0. The van der Waals surface area contributed by atoms with E-state index in [1.54, 1.807) is 36.4 Å². The zero-order chi connectivity index (χ0) is 15.9. The molecule has 1 N–H and O–H groups in total. The zero-order valence-corrected chi connectivity index (χ0v) is 12.6. The molecule has 2 aromatic carbocycles. The molecular weight excluding hydrogens is 306 g/mol. The molecule has 0 aromatic heterocycles. The predicted molar refractivity (Wildman–Crippen MR) is 83.4 cm³/mol. The highest BCUT2D eigenvalue weighted by atomic mass is 35.5. The maximum absolute atomic E-state index is 12.0. The number of methoxy groups -OCH3 is 1. The number of halogens is 1. The van der Waals surface area contributed by atoms with Crippen LogP contribution in [0.3, 0.4) is 0 Å². The molecule has 0 aliphatic carbocycles. The molecule has 1 amide bonds. The van der Waals surface area contributed by atoms with E-state index in [4.69, 9.17) is 21.1 Å². The number of hydrogen-bond donors (Lipinski definition) is 1. The van der Waals surface area contributed by atoms with Gasteiger partial charge in [0.1, 0.15) is 11.3 Å². The minimum atomic E-state index is -0.678. The van der Waals surface area contributed by atoms with Crippen molar-refractivity contribution in [1.29, 1.82) is 0 Å². The highest BCUT2D eigenvalue weighted by Crippen LogP contribution is 2.23. The van der Waals surface area contributed by atoms with Gasteiger partial charge in [-0.3, -0.25) is 4.79 Å². The SMILES string of the molecule is COc1ccc(Cl)cc1C(=O)OCC(=O)Nc1ccccc1. The first-order valence-corrected chi connectivity index (χ1v) is 6.83. The normalized spacial score (nSPS) is 9.91. The van der Waals surface area contributed by atoms with E-state index >= 15 is 0 Å². The van der Waals surface area contributed by atoms with Crippen molar-refractivity contribution in [2.45, 2.75) is 0 Å². The van der Waals surface area contributed by atoms with E-state index in [0.717, 1.165) is 0 Å². The van der Waals surface area contributed by atoms with Crippen LogP contribution >= 0.6 is 11.6 Å². The van der Waals surface area contributed by atoms with Gasteiger partial charge in [-0.1, -0.05) is 29.8 Å². The van der Waals surface area contributed by atoms with Crippen molar-refractivity contribution in [3.63, 3.8) is 0 Å². The molecule has 6 heteroatoms. The molecular formula is C16H14ClNO4. The van der Waals surface area contributed by atoms with Gasteiger partial charge in [-0.2, -0.15) is 0 Å². The van der Waals surface area contributed by atoms with E-state index in [0.29, 0.717) is 16.5 Å². The van der Waals surface area contributed by atoms with Crippen molar-refractivity contribution >= 4 is 29.2 Å². The molecule has 0 saturated heterocycles. The molecule has 0 saturated carbocycles. The number of carbonyl (C=O) groups excluding carboxylic acids is 2. The lowest BCUT2D eigenvalue weighted by atomic mass is 10.2. The summed E-state index contributed by atoms with van der Waals surface area (Å²) >= 11 is 5.85. The van der Waals surface area contributed by atoms with Gasteiger partial charge in [0.15, 0.2) is 6.61 Å². The lowest BCUT2D eigenvalue weighted by molar-refractivity contribution is -0.119. The molecule has 2 rings (SSSR count). The number of para-hydroxylation sites is 1. The quantitative estimate of drug-likeness (QED) is 0.860. The molecule has 114 valence electrons. The van der Waals surface area contributed by atoms with Gasteiger partial charge in [-0.05, 0) is 30.3 Å². The summed E-state index contributed by atoms with van der Waals surface area (Å²) in [4.78, 5) is 23.7. The molecule has 0 fully saturated rings. The summed E-state index contributed by atoms with van der Waals surface area (Å²) in [6.45, 7) is -0.399. The third-order valence-corrected chi connectivity index (χ3v) is 3.01. The number of rotatable bonds is 5. The van der Waals surface area contributed by atoms with Gasteiger partial charge in [0.2, 0.25) is 0 Å². The highest BCUT2D eigenvalue weighted by Gasteiger charge is 2.16. The fourth-order valence-corrected chi connectivity index (χ4v) is 1.94. The van der Waals surface area contributed by atoms with Gasteiger partial charge in [0.05, 0.1) is 7.11 Å². The molecule has 0 atom stereocenters. The van der Waals surface area contributed by atoms with Crippen LogP contribution in [0.25, 0.3) is 0 Å². The topological polar surface area (TPSA) is 64.6 Å². The van der Waals surface area contributed by atoms with Crippen molar-refractivity contribution in [2.75, 3.05) is 19.0 Å². The summed E-state index contributed by atoms with van der Waals surface area (Å²) in [7, 11) is 1.43. The molecule has 5 nitrogen and oxygen atoms in total. The molecule has 2 aromatic rings. The van der Waals surface area contributed by atoms with Crippen LogP contribution in [0.2, 0.25) is 5.02 Å². The standard InChI is InChI=1S/C16H14ClNO4/c1-21-14-8-7-11(17)9-13(14)16(20)22-10-15(19)18-12-5-3-2-4-6-12/h2-9H,10H2,1H3,(H,18,19). The first-order valence-electron chi connectivity index (χ1n) is 6.45. The monoisotopic (exact) mass is 319 g/mol. The third-order valence-electron chi connectivity index (χ3n) is 2.77. The largest absolute Gasteiger partial charge is 0.496 e. The number of nitrogens with one attached hydrogen (secondary N) is 1. The lowest BCUT2D eigenvalue weighted by Gasteiger charge is -2.09. The molecule has 0 unspecified atom stereocenters. The Labute approximate surface area is 132 Å². The van der Waals surface area contributed by atoms with Crippen LogP contribution in [0.4, 0.5) is 5.69 Å². The van der Waals surface area contributed by atoms with E-state index in [2.05, 4.69) is 5.32 Å². The van der Waals surface area contributed by atoms with Crippen molar-refractivity contribution < 1.29 is 19.1 Å². The van der Waals surface area contributed by atoms with Crippen LogP contribution in [0.5, 0.6) is 5.75 Å². The van der Waals surface area contributed by atoms with E-state index in [9.17, 15) is 9.59 Å². The second-order valence-corrected chi connectivity index (χ2v) is 4.77. The first kappa shape index (κ1) is 15.9. The Bertz CT molecular complexity index is 673. The molecule has 0 aliphatic rings.